The van der Waals surface area contributed by atoms with Crippen LogP contribution in [0.15, 0.2) is 24.3 Å². The van der Waals surface area contributed by atoms with Crippen molar-refractivity contribution in [2.24, 2.45) is 0 Å². The monoisotopic (exact) mass is 468 g/mol. The Labute approximate surface area is 190 Å². The molecule has 176 valence electrons. The molecular weight excluding hydrogens is 440 g/mol. The third-order valence-electron chi connectivity index (χ3n) is 5.00. The fraction of sp³-hybridized carbons (Fsp3) is 0.500. The first kappa shape index (κ1) is 25.4. The van der Waals surface area contributed by atoms with Crippen molar-refractivity contribution in [3.8, 4) is 5.75 Å². The summed E-state index contributed by atoms with van der Waals surface area (Å²) in [4.78, 5) is 49.0. The number of hydrogen-bond acceptors (Lipinski definition) is 8. The molecule has 7 N–H and O–H groups in total. The number of aliphatic carboxylic acids is 1. The summed E-state index contributed by atoms with van der Waals surface area (Å²) in [7, 11) is 0. The van der Waals surface area contributed by atoms with Gasteiger partial charge in [0.15, 0.2) is 0 Å². The van der Waals surface area contributed by atoms with E-state index in [4.69, 9.17) is 5.11 Å². The van der Waals surface area contributed by atoms with E-state index < -0.39 is 48.6 Å². The van der Waals surface area contributed by atoms with Gasteiger partial charge < -0.3 is 36.6 Å². The Morgan fingerprint density at radius 3 is 2.19 bits per heavy atom. The minimum absolute atomic E-state index is 0.0170. The van der Waals surface area contributed by atoms with Gasteiger partial charge in [0, 0.05) is 12.2 Å². The number of carboxylic acid groups (broad SMARTS) is 1. The van der Waals surface area contributed by atoms with E-state index in [0.717, 1.165) is 6.42 Å². The van der Waals surface area contributed by atoms with E-state index in [2.05, 4.69) is 33.9 Å². The number of carbonyl (C=O) groups excluding carboxylic acids is 3. The normalized spacial score (nSPS) is 18.2. The Morgan fingerprint density at radius 2 is 1.66 bits per heavy atom. The molecule has 3 amide bonds. The van der Waals surface area contributed by atoms with Crippen LogP contribution in [0.3, 0.4) is 0 Å². The molecule has 12 heteroatoms. The van der Waals surface area contributed by atoms with Gasteiger partial charge in [-0.2, -0.15) is 12.6 Å². The van der Waals surface area contributed by atoms with E-state index in [1.807, 2.05) is 0 Å². The molecule has 1 heterocycles. The number of aromatic hydroxyl groups is 1. The van der Waals surface area contributed by atoms with Gasteiger partial charge in [-0.05, 0) is 37.1 Å². The number of carboxylic acids is 1. The highest BCUT2D eigenvalue weighted by molar-refractivity contribution is 7.80. The Morgan fingerprint density at radius 1 is 1.03 bits per heavy atom. The number of aliphatic hydroxyl groups is 1. The van der Waals surface area contributed by atoms with Crippen molar-refractivity contribution in [3.05, 3.63) is 29.8 Å². The van der Waals surface area contributed by atoms with Crippen LogP contribution in [0.5, 0.6) is 5.75 Å². The topological polar surface area (TPSA) is 177 Å². The minimum atomic E-state index is -1.55. The zero-order valence-corrected chi connectivity index (χ0v) is 18.2. The quantitative estimate of drug-likeness (QED) is 0.174. The molecule has 1 aliphatic rings. The van der Waals surface area contributed by atoms with Crippen LogP contribution in [0, 0.1) is 0 Å². The summed E-state index contributed by atoms with van der Waals surface area (Å²) in [5.74, 6) is -3.27. The molecule has 0 radical (unpaired) electrons. The molecule has 0 aliphatic carbocycles. The van der Waals surface area contributed by atoms with Gasteiger partial charge in [-0.1, -0.05) is 12.1 Å². The Hall–Kier alpha value is -2.83. The lowest BCUT2D eigenvalue weighted by Gasteiger charge is -2.24. The molecule has 0 spiro atoms. The Bertz CT molecular complexity index is 815. The number of hydrogen-bond donors (Lipinski definition) is 8. The third kappa shape index (κ3) is 7.39. The number of phenols is 1. The molecule has 1 fully saturated rings. The van der Waals surface area contributed by atoms with Crippen molar-refractivity contribution in [2.75, 3.05) is 18.9 Å². The molecule has 0 aromatic heterocycles. The zero-order chi connectivity index (χ0) is 23.7. The highest BCUT2D eigenvalue weighted by atomic mass is 32.1. The van der Waals surface area contributed by atoms with Gasteiger partial charge >= 0.3 is 5.97 Å². The van der Waals surface area contributed by atoms with Crippen LogP contribution >= 0.6 is 12.6 Å². The maximum atomic E-state index is 12.8. The fourth-order valence-electron chi connectivity index (χ4n) is 3.18. The number of nitrogens with one attached hydrogen (secondary N) is 4. The molecule has 4 unspecified atom stereocenters. The van der Waals surface area contributed by atoms with E-state index in [1.54, 1.807) is 12.1 Å². The number of rotatable bonds is 11. The smallest absolute Gasteiger partial charge is 0.328 e. The van der Waals surface area contributed by atoms with Gasteiger partial charge in [-0.15, -0.1) is 0 Å². The second kappa shape index (κ2) is 12.3. The van der Waals surface area contributed by atoms with E-state index in [-0.39, 0.29) is 23.8 Å². The summed E-state index contributed by atoms with van der Waals surface area (Å²) in [5, 5.41) is 38.0. The molecule has 2 rings (SSSR count). The highest BCUT2D eigenvalue weighted by Gasteiger charge is 2.31. The number of carbonyl (C=O) groups is 4. The first-order valence-electron chi connectivity index (χ1n) is 10.1. The van der Waals surface area contributed by atoms with Crippen molar-refractivity contribution >= 4 is 36.3 Å². The Kier molecular flexibility index (Phi) is 9.75. The van der Waals surface area contributed by atoms with Crippen LogP contribution in [-0.4, -0.2) is 82.1 Å². The maximum absolute atomic E-state index is 12.8. The third-order valence-corrected chi connectivity index (χ3v) is 5.36. The average Bonchev–Trinajstić information content (AvgIpc) is 3.31. The number of phenolic OH excluding ortho intramolecular Hbond substituents is 1. The van der Waals surface area contributed by atoms with Crippen molar-refractivity contribution in [1.29, 1.82) is 0 Å². The molecule has 0 bridgehead atoms. The van der Waals surface area contributed by atoms with Crippen molar-refractivity contribution in [1.82, 2.24) is 21.3 Å². The van der Waals surface area contributed by atoms with Gasteiger partial charge in [0.25, 0.3) is 0 Å². The summed E-state index contributed by atoms with van der Waals surface area (Å²) in [5.41, 5.74) is 0.584. The molecule has 1 aromatic rings. The van der Waals surface area contributed by atoms with Crippen LogP contribution in [0.25, 0.3) is 0 Å². The second-order valence-electron chi connectivity index (χ2n) is 7.41. The SMILES string of the molecule is O=C(O)C(CO)NC(=O)C(Cc1ccc(O)cc1)NC(=O)C(CS)NC(=O)C1CCCN1. The lowest BCUT2D eigenvalue weighted by molar-refractivity contribution is -0.143. The van der Waals surface area contributed by atoms with E-state index in [9.17, 15) is 29.4 Å². The van der Waals surface area contributed by atoms with E-state index in [0.29, 0.717) is 18.5 Å². The van der Waals surface area contributed by atoms with Crippen LogP contribution in [0.1, 0.15) is 18.4 Å². The highest BCUT2D eigenvalue weighted by Crippen LogP contribution is 2.12. The van der Waals surface area contributed by atoms with Gasteiger partial charge in [0.05, 0.1) is 12.6 Å². The van der Waals surface area contributed by atoms with E-state index >= 15 is 0 Å². The van der Waals surface area contributed by atoms with Crippen LogP contribution in [0.2, 0.25) is 0 Å². The lowest BCUT2D eigenvalue weighted by atomic mass is 10.0. The van der Waals surface area contributed by atoms with Crippen molar-refractivity contribution < 1.29 is 34.5 Å². The first-order valence-corrected chi connectivity index (χ1v) is 10.7. The summed E-state index contributed by atoms with van der Waals surface area (Å²) >= 11 is 4.12. The fourth-order valence-corrected chi connectivity index (χ4v) is 3.44. The molecule has 1 aliphatic heterocycles. The summed E-state index contributed by atoms with van der Waals surface area (Å²) in [6.07, 6.45) is 1.48. The largest absolute Gasteiger partial charge is 0.508 e. The molecule has 32 heavy (non-hydrogen) atoms. The molecule has 1 saturated heterocycles. The number of amides is 3. The van der Waals surface area contributed by atoms with Gasteiger partial charge in [-0.3, -0.25) is 14.4 Å². The predicted molar refractivity (Wildman–Crippen MR) is 117 cm³/mol. The molecule has 11 nitrogen and oxygen atoms in total. The lowest BCUT2D eigenvalue weighted by Crippen LogP contribution is -2.58. The Balaban J connectivity index is 2.12. The number of thiol groups is 1. The summed E-state index contributed by atoms with van der Waals surface area (Å²) in [6, 6.07) is 1.74. The average molecular weight is 469 g/mol. The van der Waals surface area contributed by atoms with Crippen molar-refractivity contribution in [3.63, 3.8) is 0 Å². The van der Waals surface area contributed by atoms with Gasteiger partial charge in [0.1, 0.15) is 23.9 Å². The molecular formula is C20H28N4O7S. The summed E-state index contributed by atoms with van der Waals surface area (Å²) < 4.78 is 0. The number of aliphatic hydroxyl groups excluding tert-OH is 1. The molecule has 0 saturated carbocycles. The minimum Gasteiger partial charge on any atom is -0.508 e. The summed E-state index contributed by atoms with van der Waals surface area (Å²) in [6.45, 7) is -0.120. The van der Waals surface area contributed by atoms with Crippen LogP contribution in [0.4, 0.5) is 0 Å². The molecule has 4 atom stereocenters. The van der Waals surface area contributed by atoms with Crippen molar-refractivity contribution in [2.45, 2.75) is 43.4 Å². The van der Waals surface area contributed by atoms with Gasteiger partial charge in [-0.25, -0.2) is 4.79 Å². The van der Waals surface area contributed by atoms with E-state index in [1.165, 1.54) is 12.1 Å². The predicted octanol–water partition coefficient (Wildman–Crippen LogP) is -1.85. The van der Waals surface area contributed by atoms with Crippen LogP contribution < -0.4 is 21.3 Å². The van der Waals surface area contributed by atoms with Gasteiger partial charge in [0.2, 0.25) is 17.7 Å². The second-order valence-corrected chi connectivity index (χ2v) is 7.77. The van der Waals surface area contributed by atoms with Crippen LogP contribution in [-0.2, 0) is 25.6 Å². The molecule has 1 aromatic carbocycles. The first-order chi connectivity index (χ1) is 15.2. The maximum Gasteiger partial charge on any atom is 0.328 e. The standard InChI is InChI=1S/C20H28N4O7S/c25-9-15(20(30)31)23-18(28)14(8-11-3-5-12(26)6-4-11)22-19(29)16(10-32)24-17(27)13-2-1-7-21-13/h3-6,13-16,21,25-26,32H,1-2,7-10H2,(H,22,29)(H,23,28)(H,24,27)(H,30,31). The number of benzene rings is 1. The zero-order valence-electron chi connectivity index (χ0n) is 17.3.